The Labute approximate surface area is 113 Å². The molecule has 0 aliphatic heterocycles. The molecular formula is C15H21N3O. The molecule has 0 unspecified atom stereocenters. The number of amides is 1. The smallest absolute Gasteiger partial charge is 0.223 e. The van der Waals surface area contributed by atoms with Crippen molar-refractivity contribution in [1.29, 1.82) is 0 Å². The van der Waals surface area contributed by atoms with E-state index in [9.17, 15) is 4.79 Å². The molecular weight excluding hydrogens is 238 g/mol. The summed E-state index contributed by atoms with van der Waals surface area (Å²) < 4.78 is 2.04. The summed E-state index contributed by atoms with van der Waals surface area (Å²) in [4.78, 5) is 16.4. The van der Waals surface area contributed by atoms with Gasteiger partial charge in [0.05, 0.1) is 12.2 Å². The molecule has 4 nitrogen and oxygen atoms in total. The number of aromatic nitrogens is 2. The molecule has 2 heterocycles. The summed E-state index contributed by atoms with van der Waals surface area (Å²) >= 11 is 0. The zero-order valence-electron chi connectivity index (χ0n) is 11.8. The highest BCUT2D eigenvalue weighted by Crippen LogP contribution is 2.10. The van der Waals surface area contributed by atoms with Crippen molar-refractivity contribution in [2.45, 2.75) is 40.2 Å². The van der Waals surface area contributed by atoms with Crippen LogP contribution in [0.3, 0.4) is 0 Å². The van der Waals surface area contributed by atoms with Crippen LogP contribution in [-0.2, 0) is 11.3 Å². The van der Waals surface area contributed by atoms with E-state index >= 15 is 0 Å². The molecule has 1 amide bonds. The predicted molar refractivity (Wildman–Crippen MR) is 75.8 cm³/mol. The summed E-state index contributed by atoms with van der Waals surface area (Å²) in [6.45, 7) is 6.63. The van der Waals surface area contributed by atoms with Gasteiger partial charge in [0.25, 0.3) is 0 Å². The second kappa shape index (κ2) is 5.87. The van der Waals surface area contributed by atoms with Crippen LogP contribution in [0.15, 0.2) is 24.4 Å². The maximum absolute atomic E-state index is 11.9. The molecule has 4 heteroatoms. The van der Waals surface area contributed by atoms with Crippen molar-refractivity contribution >= 4 is 11.6 Å². The van der Waals surface area contributed by atoms with E-state index in [0.717, 1.165) is 29.9 Å². The summed E-state index contributed by atoms with van der Waals surface area (Å²) in [6, 6.07) is 6.00. The van der Waals surface area contributed by atoms with Gasteiger partial charge in [-0.3, -0.25) is 4.79 Å². The molecule has 0 fully saturated rings. The second-order valence-electron chi connectivity index (χ2n) is 4.86. The SMILES string of the molecule is CCC(CC)C(=O)NCc1cn2c(C)cccc2n1. The first-order chi connectivity index (χ1) is 9.15. The Balaban J connectivity index is 2.06. The first-order valence-electron chi connectivity index (χ1n) is 6.87. The highest BCUT2D eigenvalue weighted by molar-refractivity contribution is 5.78. The standard InChI is InChI=1S/C15H21N3O/c1-4-12(5-2)15(19)16-9-13-10-18-11(3)7-6-8-14(18)17-13/h6-8,10,12H,4-5,9H2,1-3H3,(H,16,19). The van der Waals surface area contributed by atoms with Crippen molar-refractivity contribution in [3.05, 3.63) is 35.8 Å². The number of fused-ring (bicyclic) bond motifs is 1. The summed E-state index contributed by atoms with van der Waals surface area (Å²) in [5.41, 5.74) is 2.96. The van der Waals surface area contributed by atoms with Gasteiger partial charge < -0.3 is 9.72 Å². The average Bonchev–Trinajstić information content (AvgIpc) is 2.82. The molecule has 0 spiro atoms. The van der Waals surface area contributed by atoms with Crippen LogP contribution >= 0.6 is 0 Å². The number of carbonyl (C=O) groups excluding carboxylic acids is 1. The van der Waals surface area contributed by atoms with E-state index in [1.54, 1.807) is 0 Å². The lowest BCUT2D eigenvalue weighted by Crippen LogP contribution is -2.29. The lowest BCUT2D eigenvalue weighted by atomic mass is 10.0. The third-order valence-electron chi connectivity index (χ3n) is 3.55. The molecule has 0 bridgehead atoms. The molecule has 0 aromatic carbocycles. The fraction of sp³-hybridized carbons (Fsp3) is 0.467. The normalized spacial score (nSPS) is 11.2. The summed E-state index contributed by atoms with van der Waals surface area (Å²) in [5.74, 6) is 0.234. The van der Waals surface area contributed by atoms with Gasteiger partial charge in [-0.15, -0.1) is 0 Å². The van der Waals surface area contributed by atoms with Crippen LogP contribution in [0.25, 0.3) is 5.65 Å². The zero-order valence-corrected chi connectivity index (χ0v) is 11.8. The molecule has 102 valence electrons. The van der Waals surface area contributed by atoms with Crippen molar-refractivity contribution < 1.29 is 4.79 Å². The Morgan fingerprint density at radius 3 is 2.74 bits per heavy atom. The number of hydrogen-bond acceptors (Lipinski definition) is 2. The van der Waals surface area contributed by atoms with E-state index in [0.29, 0.717) is 6.54 Å². The molecule has 0 aliphatic carbocycles. The van der Waals surface area contributed by atoms with Gasteiger partial charge in [0.15, 0.2) is 0 Å². The van der Waals surface area contributed by atoms with E-state index in [1.165, 1.54) is 0 Å². The number of nitrogens with zero attached hydrogens (tertiary/aromatic N) is 2. The zero-order chi connectivity index (χ0) is 13.8. The van der Waals surface area contributed by atoms with Gasteiger partial charge in [-0.05, 0) is 31.9 Å². The van der Waals surface area contributed by atoms with Gasteiger partial charge in [-0.25, -0.2) is 4.98 Å². The Morgan fingerprint density at radius 1 is 1.37 bits per heavy atom. The molecule has 1 N–H and O–H groups in total. The number of carbonyl (C=O) groups is 1. The van der Waals surface area contributed by atoms with E-state index in [2.05, 4.69) is 10.3 Å². The van der Waals surface area contributed by atoms with E-state index in [-0.39, 0.29) is 11.8 Å². The van der Waals surface area contributed by atoms with E-state index in [4.69, 9.17) is 0 Å². The minimum absolute atomic E-state index is 0.110. The molecule has 19 heavy (non-hydrogen) atoms. The van der Waals surface area contributed by atoms with E-state index < -0.39 is 0 Å². The molecule has 0 saturated carbocycles. The Hall–Kier alpha value is -1.84. The molecule has 0 aliphatic rings. The highest BCUT2D eigenvalue weighted by Gasteiger charge is 2.14. The van der Waals surface area contributed by atoms with Crippen LogP contribution in [0.2, 0.25) is 0 Å². The van der Waals surface area contributed by atoms with Crippen LogP contribution in [0, 0.1) is 12.8 Å². The van der Waals surface area contributed by atoms with Gasteiger partial charge in [0, 0.05) is 17.8 Å². The minimum Gasteiger partial charge on any atom is -0.350 e. The third-order valence-corrected chi connectivity index (χ3v) is 3.55. The quantitative estimate of drug-likeness (QED) is 0.897. The Morgan fingerprint density at radius 2 is 2.11 bits per heavy atom. The van der Waals surface area contributed by atoms with Crippen molar-refractivity contribution in [2.24, 2.45) is 5.92 Å². The second-order valence-corrected chi connectivity index (χ2v) is 4.86. The maximum Gasteiger partial charge on any atom is 0.223 e. The predicted octanol–water partition coefficient (Wildman–Crippen LogP) is 2.70. The van der Waals surface area contributed by atoms with E-state index in [1.807, 2.05) is 49.6 Å². The van der Waals surface area contributed by atoms with Crippen molar-refractivity contribution in [3.63, 3.8) is 0 Å². The van der Waals surface area contributed by atoms with Crippen molar-refractivity contribution in [3.8, 4) is 0 Å². The van der Waals surface area contributed by atoms with Crippen LogP contribution in [0.5, 0.6) is 0 Å². The Kier molecular flexibility index (Phi) is 4.20. The third kappa shape index (κ3) is 2.95. The first-order valence-corrected chi connectivity index (χ1v) is 6.87. The van der Waals surface area contributed by atoms with Crippen LogP contribution in [0.4, 0.5) is 0 Å². The van der Waals surface area contributed by atoms with Gasteiger partial charge in [-0.1, -0.05) is 19.9 Å². The summed E-state index contributed by atoms with van der Waals surface area (Å²) in [7, 11) is 0. The van der Waals surface area contributed by atoms with Crippen LogP contribution in [0.1, 0.15) is 38.1 Å². The van der Waals surface area contributed by atoms with Crippen molar-refractivity contribution in [1.82, 2.24) is 14.7 Å². The number of imidazole rings is 1. The Bertz CT molecular complexity index is 570. The average molecular weight is 259 g/mol. The number of hydrogen-bond donors (Lipinski definition) is 1. The summed E-state index contributed by atoms with van der Waals surface area (Å²) in [6.07, 6.45) is 3.75. The number of pyridine rings is 1. The van der Waals surface area contributed by atoms with Gasteiger partial charge >= 0.3 is 0 Å². The fourth-order valence-corrected chi connectivity index (χ4v) is 2.27. The van der Waals surface area contributed by atoms with Gasteiger partial charge in [0.2, 0.25) is 5.91 Å². The molecule has 0 radical (unpaired) electrons. The number of rotatable bonds is 5. The highest BCUT2D eigenvalue weighted by atomic mass is 16.1. The topological polar surface area (TPSA) is 46.4 Å². The molecule has 2 aromatic heterocycles. The monoisotopic (exact) mass is 259 g/mol. The fourth-order valence-electron chi connectivity index (χ4n) is 2.27. The molecule has 2 rings (SSSR count). The molecule has 2 aromatic rings. The maximum atomic E-state index is 11.9. The number of nitrogens with one attached hydrogen (secondary N) is 1. The lowest BCUT2D eigenvalue weighted by Gasteiger charge is -2.11. The molecule has 0 saturated heterocycles. The molecule has 0 atom stereocenters. The van der Waals surface area contributed by atoms with Crippen LogP contribution in [-0.4, -0.2) is 15.3 Å². The first kappa shape index (κ1) is 13.6. The van der Waals surface area contributed by atoms with Gasteiger partial charge in [-0.2, -0.15) is 0 Å². The van der Waals surface area contributed by atoms with Crippen LogP contribution < -0.4 is 5.32 Å². The lowest BCUT2D eigenvalue weighted by molar-refractivity contribution is -0.125. The van der Waals surface area contributed by atoms with Gasteiger partial charge in [0.1, 0.15) is 5.65 Å². The van der Waals surface area contributed by atoms with Crippen molar-refractivity contribution in [2.75, 3.05) is 0 Å². The number of aryl methyl sites for hydroxylation is 1. The summed E-state index contributed by atoms with van der Waals surface area (Å²) in [5, 5.41) is 2.97. The minimum atomic E-state index is 0.110. The largest absolute Gasteiger partial charge is 0.350 e.